The fourth-order valence-electron chi connectivity index (χ4n) is 7.30. The number of benzene rings is 2. The van der Waals surface area contributed by atoms with E-state index in [0.717, 1.165) is 28.4 Å². The Balaban J connectivity index is 1.37. The number of carbonyl (C=O) groups is 2. The minimum atomic E-state index is -0.653. The number of hydrogen-bond acceptors (Lipinski definition) is 7. The van der Waals surface area contributed by atoms with E-state index in [2.05, 4.69) is 30.6 Å². The summed E-state index contributed by atoms with van der Waals surface area (Å²) in [7, 11) is 1.97. The minimum Gasteiger partial charge on any atom is -0.395 e. The van der Waals surface area contributed by atoms with Gasteiger partial charge in [-0.1, -0.05) is 61.3 Å². The highest BCUT2D eigenvalue weighted by Crippen LogP contribution is 2.56. The number of rotatable bonds is 6. The Labute approximate surface area is 280 Å². The number of hydrogen-bond donors (Lipinski definition) is 1. The molecule has 4 aliphatic heterocycles. The first-order valence-electron chi connectivity index (χ1n) is 15.7. The molecule has 6 rings (SSSR count). The topological polar surface area (TPSA) is 79.7 Å². The van der Waals surface area contributed by atoms with E-state index in [9.17, 15) is 14.7 Å². The van der Waals surface area contributed by atoms with Crippen LogP contribution in [0.2, 0.25) is 10.0 Å². The zero-order chi connectivity index (χ0) is 32.2. The van der Waals surface area contributed by atoms with Gasteiger partial charge in [0.15, 0.2) is 5.17 Å². The maximum absolute atomic E-state index is 14.6. The van der Waals surface area contributed by atoms with Gasteiger partial charge in [-0.3, -0.25) is 14.5 Å². The quantitative estimate of drug-likeness (QED) is 0.422. The number of allylic oxidation sites excluding steroid dienone is 1. The lowest BCUT2D eigenvalue weighted by atomic mass is 9.81. The van der Waals surface area contributed by atoms with Crippen LogP contribution in [0.15, 0.2) is 64.1 Å². The molecule has 4 heterocycles. The molecule has 2 saturated heterocycles. The molecule has 0 aliphatic carbocycles. The number of nitrogens with zero attached hydrogens (tertiary/aromatic N) is 5. The Morgan fingerprint density at radius 2 is 1.69 bits per heavy atom. The zero-order valence-corrected chi connectivity index (χ0v) is 28.7. The number of aliphatic hydroxyl groups excluding tert-OH is 1. The number of amidine groups is 1. The SMILES string of the molecule is CC(C)C1=C(C(=O)N2[C@H](C)CC[C@H]2C(=O)N2CCN(C)[C@@H](CO)C2)SC2=N[C@@](C)(c3ccc(Cl)cc3)[C@@H](c3ccc(Cl)cc3)N21. The van der Waals surface area contributed by atoms with Crippen LogP contribution >= 0.6 is 35.0 Å². The van der Waals surface area contributed by atoms with Crippen LogP contribution in [-0.4, -0.2) is 93.1 Å². The Hall–Kier alpha value is -2.56. The van der Waals surface area contributed by atoms with Crippen molar-refractivity contribution in [3.8, 4) is 0 Å². The normalized spacial score (nSPS) is 28.7. The molecular weight excluding hydrogens is 629 g/mol. The lowest BCUT2D eigenvalue weighted by Gasteiger charge is -2.41. The fourth-order valence-corrected chi connectivity index (χ4v) is 8.91. The second-order valence-electron chi connectivity index (χ2n) is 13.1. The van der Waals surface area contributed by atoms with Crippen LogP contribution in [0.3, 0.4) is 0 Å². The molecule has 0 unspecified atom stereocenters. The van der Waals surface area contributed by atoms with E-state index in [1.54, 1.807) is 0 Å². The molecule has 0 bridgehead atoms. The van der Waals surface area contributed by atoms with E-state index >= 15 is 0 Å². The van der Waals surface area contributed by atoms with Crippen LogP contribution in [0.1, 0.15) is 57.7 Å². The molecule has 8 nitrogen and oxygen atoms in total. The number of piperazine rings is 1. The molecule has 0 aromatic heterocycles. The van der Waals surface area contributed by atoms with Crippen molar-refractivity contribution in [2.75, 3.05) is 33.3 Å². The number of thioether (sulfide) groups is 1. The number of aliphatic imine (C=N–C) groups is 1. The first kappa shape index (κ1) is 32.4. The molecular formula is C34H41Cl2N5O3S. The van der Waals surface area contributed by atoms with E-state index < -0.39 is 11.6 Å². The molecule has 2 amide bonds. The number of halogens is 2. The number of likely N-dealkylation sites (N-methyl/N-ethyl adjacent to an activating group) is 1. The summed E-state index contributed by atoms with van der Waals surface area (Å²) in [6, 6.07) is 14.8. The molecule has 0 spiro atoms. The number of likely N-dealkylation sites (tertiary alicyclic amines) is 1. The van der Waals surface area contributed by atoms with Crippen LogP contribution in [0.5, 0.6) is 0 Å². The summed E-state index contributed by atoms with van der Waals surface area (Å²) < 4.78 is 0. The minimum absolute atomic E-state index is 0.00700. The molecule has 1 N–H and O–H groups in total. The van der Waals surface area contributed by atoms with Gasteiger partial charge in [0.2, 0.25) is 5.91 Å². The van der Waals surface area contributed by atoms with Crippen LogP contribution in [0.25, 0.3) is 0 Å². The van der Waals surface area contributed by atoms with Gasteiger partial charge in [-0.15, -0.1) is 0 Å². The zero-order valence-electron chi connectivity index (χ0n) is 26.4. The molecule has 45 heavy (non-hydrogen) atoms. The standard InChI is InChI=1S/C34H41Cl2N5O3S/c1-20(2)28-29(32(44)40-21(3)6-15-27(40)31(43)39-17-16-38(5)26(18-39)19-42)45-33-37-34(4,23-9-13-25(36)14-10-23)30(41(28)33)22-7-11-24(35)12-8-22/h7-14,20-21,26-27,30,42H,6,15-19H2,1-5H3/t21-,26-,27+,30-,34+/m1/s1. The summed E-state index contributed by atoms with van der Waals surface area (Å²) in [6.07, 6.45) is 1.39. The number of amides is 2. The van der Waals surface area contributed by atoms with Gasteiger partial charge in [-0.2, -0.15) is 0 Å². The summed E-state index contributed by atoms with van der Waals surface area (Å²) in [5.74, 6) is -0.123. The van der Waals surface area contributed by atoms with Gasteiger partial charge in [-0.25, -0.2) is 4.99 Å². The van der Waals surface area contributed by atoms with Gasteiger partial charge in [0.25, 0.3) is 5.91 Å². The Bertz CT molecular complexity index is 1530. The molecule has 0 radical (unpaired) electrons. The van der Waals surface area contributed by atoms with Gasteiger partial charge >= 0.3 is 0 Å². The summed E-state index contributed by atoms with van der Waals surface area (Å²) in [5, 5.41) is 12.0. The summed E-state index contributed by atoms with van der Waals surface area (Å²) in [4.78, 5) is 42.5. The molecule has 11 heteroatoms. The Morgan fingerprint density at radius 3 is 2.31 bits per heavy atom. The summed E-state index contributed by atoms with van der Waals surface area (Å²) >= 11 is 14.0. The summed E-state index contributed by atoms with van der Waals surface area (Å²) in [6.45, 7) is 10.1. The molecule has 240 valence electrons. The van der Waals surface area contributed by atoms with E-state index in [1.807, 2.05) is 72.3 Å². The first-order valence-corrected chi connectivity index (χ1v) is 17.3. The maximum Gasteiger partial charge on any atom is 0.263 e. The third kappa shape index (κ3) is 5.69. The fraction of sp³-hybridized carbons (Fsp3) is 0.500. The maximum atomic E-state index is 14.6. The highest BCUT2D eigenvalue weighted by molar-refractivity contribution is 8.18. The molecule has 5 atom stereocenters. The molecule has 2 aromatic carbocycles. The first-order chi connectivity index (χ1) is 21.4. The number of aliphatic hydroxyl groups is 1. The largest absolute Gasteiger partial charge is 0.395 e. The average molecular weight is 671 g/mol. The van der Waals surface area contributed by atoms with Crippen LogP contribution < -0.4 is 0 Å². The van der Waals surface area contributed by atoms with Crippen molar-refractivity contribution in [2.45, 2.75) is 70.2 Å². The molecule has 2 aromatic rings. The van der Waals surface area contributed by atoms with Crippen molar-refractivity contribution in [3.63, 3.8) is 0 Å². The van der Waals surface area contributed by atoms with Gasteiger partial charge < -0.3 is 19.8 Å². The number of carbonyl (C=O) groups excluding carboxylic acids is 2. The van der Waals surface area contributed by atoms with Crippen molar-refractivity contribution in [3.05, 3.63) is 80.3 Å². The average Bonchev–Trinajstić information content (AvgIpc) is 3.67. The highest BCUT2D eigenvalue weighted by Gasteiger charge is 2.54. The van der Waals surface area contributed by atoms with E-state index in [1.165, 1.54) is 11.8 Å². The van der Waals surface area contributed by atoms with Gasteiger partial charge in [0.1, 0.15) is 16.5 Å². The summed E-state index contributed by atoms with van der Waals surface area (Å²) in [5.41, 5.74) is 2.34. The Kier molecular flexibility index (Phi) is 9.04. The molecule has 4 aliphatic rings. The van der Waals surface area contributed by atoms with Crippen molar-refractivity contribution < 1.29 is 14.7 Å². The van der Waals surface area contributed by atoms with Crippen molar-refractivity contribution in [1.29, 1.82) is 0 Å². The third-order valence-electron chi connectivity index (χ3n) is 9.85. The molecule has 0 saturated carbocycles. The third-order valence-corrected chi connectivity index (χ3v) is 11.4. The number of fused-ring (bicyclic) bond motifs is 1. The van der Waals surface area contributed by atoms with Crippen LogP contribution in [-0.2, 0) is 15.1 Å². The highest BCUT2D eigenvalue weighted by atomic mass is 35.5. The lowest BCUT2D eigenvalue weighted by Crippen LogP contribution is -2.58. The second-order valence-corrected chi connectivity index (χ2v) is 15.0. The van der Waals surface area contributed by atoms with E-state index in [4.69, 9.17) is 28.2 Å². The van der Waals surface area contributed by atoms with Crippen LogP contribution in [0, 0.1) is 5.92 Å². The molecule has 2 fully saturated rings. The van der Waals surface area contributed by atoms with Gasteiger partial charge in [0.05, 0.1) is 18.7 Å². The van der Waals surface area contributed by atoms with Crippen molar-refractivity contribution in [2.24, 2.45) is 10.9 Å². The lowest BCUT2D eigenvalue weighted by molar-refractivity contribution is -0.145. The van der Waals surface area contributed by atoms with E-state index in [-0.39, 0.29) is 42.5 Å². The van der Waals surface area contributed by atoms with Gasteiger partial charge in [-0.05, 0) is 86.8 Å². The Morgan fingerprint density at radius 1 is 1.04 bits per heavy atom. The predicted molar refractivity (Wildman–Crippen MR) is 181 cm³/mol. The monoisotopic (exact) mass is 669 g/mol. The van der Waals surface area contributed by atoms with Crippen molar-refractivity contribution in [1.82, 2.24) is 19.6 Å². The van der Waals surface area contributed by atoms with Gasteiger partial charge in [0, 0.05) is 41.4 Å². The van der Waals surface area contributed by atoms with E-state index in [0.29, 0.717) is 41.0 Å². The smallest absolute Gasteiger partial charge is 0.263 e. The second kappa shape index (κ2) is 12.6. The van der Waals surface area contributed by atoms with Crippen LogP contribution in [0.4, 0.5) is 0 Å². The predicted octanol–water partition coefficient (Wildman–Crippen LogP) is 5.75. The van der Waals surface area contributed by atoms with Crippen molar-refractivity contribution >= 4 is 51.9 Å².